The highest BCUT2D eigenvalue weighted by molar-refractivity contribution is 7.71. The van der Waals surface area contributed by atoms with Gasteiger partial charge in [0.05, 0.1) is 0 Å². The maximum Gasteiger partial charge on any atom is 0.114 e. The van der Waals surface area contributed by atoms with Crippen LogP contribution < -0.4 is 0 Å². The minimum Gasteiger partial charge on any atom is -0.336 e. The highest BCUT2D eigenvalue weighted by atomic mass is 32.1. The van der Waals surface area contributed by atoms with Crippen molar-refractivity contribution in [1.82, 2.24) is 4.57 Å². The summed E-state index contributed by atoms with van der Waals surface area (Å²) in [6.07, 6.45) is 2.08. The third-order valence-corrected chi connectivity index (χ3v) is 3.14. The first kappa shape index (κ1) is 10.4. The predicted molar refractivity (Wildman–Crippen MR) is 67.9 cm³/mol. The molecule has 2 rings (SSSR count). The molecule has 0 amide bonds. The molecule has 15 heavy (non-hydrogen) atoms. The van der Waals surface area contributed by atoms with Gasteiger partial charge in [-0.1, -0.05) is 30.4 Å². The quantitative estimate of drug-likeness (QED) is 0.646. The molecule has 0 saturated carbocycles. The SMILES string of the molecule is Cc1cccc2ccn(C(C)C)c(=S)c12. The first-order valence-corrected chi connectivity index (χ1v) is 5.62. The molecular weight excluding hydrogens is 202 g/mol. The zero-order valence-corrected chi connectivity index (χ0v) is 10.1. The van der Waals surface area contributed by atoms with Gasteiger partial charge in [0.1, 0.15) is 4.64 Å². The fourth-order valence-electron chi connectivity index (χ4n) is 1.89. The Morgan fingerprint density at radius 3 is 2.60 bits per heavy atom. The second-order valence-electron chi connectivity index (χ2n) is 4.16. The number of aromatic nitrogens is 1. The lowest BCUT2D eigenvalue weighted by molar-refractivity contribution is 0.593. The van der Waals surface area contributed by atoms with E-state index in [1.54, 1.807) is 0 Å². The molecule has 1 aromatic heterocycles. The zero-order chi connectivity index (χ0) is 11.0. The van der Waals surface area contributed by atoms with Crippen molar-refractivity contribution in [2.24, 2.45) is 0 Å². The average molecular weight is 217 g/mol. The van der Waals surface area contributed by atoms with Gasteiger partial charge in [-0.05, 0) is 37.8 Å². The second-order valence-corrected chi connectivity index (χ2v) is 4.55. The Morgan fingerprint density at radius 2 is 1.93 bits per heavy atom. The highest BCUT2D eigenvalue weighted by Crippen LogP contribution is 2.21. The number of fused-ring (bicyclic) bond motifs is 1. The number of aryl methyl sites for hydroxylation is 1. The summed E-state index contributed by atoms with van der Waals surface area (Å²) in [5, 5.41) is 2.45. The molecule has 1 aromatic carbocycles. The normalized spacial score (nSPS) is 11.2. The lowest BCUT2D eigenvalue weighted by atomic mass is 10.1. The van der Waals surface area contributed by atoms with Crippen molar-refractivity contribution in [1.29, 1.82) is 0 Å². The van der Waals surface area contributed by atoms with Gasteiger partial charge in [0.25, 0.3) is 0 Å². The average Bonchev–Trinajstić information content (AvgIpc) is 2.17. The minimum absolute atomic E-state index is 0.418. The molecule has 0 fully saturated rings. The third kappa shape index (κ3) is 1.70. The molecule has 2 aromatic rings. The van der Waals surface area contributed by atoms with Crippen LogP contribution >= 0.6 is 12.2 Å². The molecule has 1 nitrogen and oxygen atoms in total. The molecule has 1 heterocycles. The Labute approximate surface area is 95.4 Å². The summed E-state index contributed by atoms with van der Waals surface area (Å²) < 4.78 is 3.09. The number of hydrogen-bond acceptors (Lipinski definition) is 1. The van der Waals surface area contributed by atoms with Gasteiger partial charge in [-0.3, -0.25) is 0 Å². The Balaban J connectivity index is 2.90. The van der Waals surface area contributed by atoms with Gasteiger partial charge in [0.15, 0.2) is 0 Å². The molecule has 2 heteroatoms. The molecule has 78 valence electrons. The molecule has 0 spiro atoms. The van der Waals surface area contributed by atoms with Crippen LogP contribution in [0, 0.1) is 11.6 Å². The number of benzene rings is 1. The van der Waals surface area contributed by atoms with E-state index in [9.17, 15) is 0 Å². The second kappa shape index (κ2) is 3.78. The van der Waals surface area contributed by atoms with Gasteiger partial charge < -0.3 is 4.57 Å². The van der Waals surface area contributed by atoms with Crippen molar-refractivity contribution in [3.63, 3.8) is 0 Å². The largest absolute Gasteiger partial charge is 0.336 e. The van der Waals surface area contributed by atoms with E-state index in [1.807, 2.05) is 0 Å². The summed E-state index contributed by atoms with van der Waals surface area (Å²) in [6, 6.07) is 8.86. The van der Waals surface area contributed by atoms with Gasteiger partial charge in [0.2, 0.25) is 0 Å². The van der Waals surface area contributed by atoms with Gasteiger partial charge in [-0.2, -0.15) is 0 Å². The van der Waals surface area contributed by atoms with Crippen LogP contribution in [0.25, 0.3) is 10.8 Å². The first-order chi connectivity index (χ1) is 7.11. The van der Waals surface area contributed by atoms with Crippen LogP contribution in [0.5, 0.6) is 0 Å². The van der Waals surface area contributed by atoms with E-state index >= 15 is 0 Å². The third-order valence-electron chi connectivity index (χ3n) is 2.72. The predicted octanol–water partition coefficient (Wildman–Crippen LogP) is 4.26. The van der Waals surface area contributed by atoms with Gasteiger partial charge >= 0.3 is 0 Å². The van der Waals surface area contributed by atoms with Crippen molar-refractivity contribution in [3.05, 3.63) is 40.7 Å². The molecule has 0 aliphatic heterocycles. The summed E-state index contributed by atoms with van der Waals surface area (Å²) >= 11 is 5.52. The number of pyridine rings is 1. The summed E-state index contributed by atoms with van der Waals surface area (Å²) in [7, 11) is 0. The summed E-state index contributed by atoms with van der Waals surface area (Å²) in [5.41, 5.74) is 1.26. The van der Waals surface area contributed by atoms with Crippen LogP contribution in [0.3, 0.4) is 0 Å². The lowest BCUT2D eigenvalue weighted by Gasteiger charge is -2.13. The van der Waals surface area contributed by atoms with E-state index in [0.717, 1.165) is 4.64 Å². The van der Waals surface area contributed by atoms with E-state index < -0.39 is 0 Å². The summed E-state index contributed by atoms with van der Waals surface area (Å²) in [6.45, 7) is 6.42. The molecule has 0 atom stereocenters. The maximum absolute atomic E-state index is 5.52. The number of hydrogen-bond donors (Lipinski definition) is 0. The minimum atomic E-state index is 0.418. The molecule has 0 saturated heterocycles. The first-order valence-electron chi connectivity index (χ1n) is 5.21. The van der Waals surface area contributed by atoms with Crippen LogP contribution in [0.1, 0.15) is 25.5 Å². The maximum atomic E-state index is 5.52. The molecular formula is C13H15NS. The van der Waals surface area contributed by atoms with E-state index in [4.69, 9.17) is 12.2 Å². The fourth-order valence-corrected chi connectivity index (χ4v) is 2.44. The van der Waals surface area contributed by atoms with Crippen molar-refractivity contribution < 1.29 is 0 Å². The Hall–Kier alpha value is -1.15. The van der Waals surface area contributed by atoms with Gasteiger partial charge in [-0.15, -0.1) is 0 Å². The van der Waals surface area contributed by atoms with Crippen LogP contribution in [-0.2, 0) is 0 Å². The number of nitrogens with zero attached hydrogens (tertiary/aromatic N) is 1. The molecule has 0 aliphatic rings. The van der Waals surface area contributed by atoms with Crippen molar-refractivity contribution >= 4 is 23.0 Å². The summed E-state index contributed by atoms with van der Waals surface area (Å²) in [5.74, 6) is 0. The van der Waals surface area contributed by atoms with E-state index in [1.165, 1.54) is 16.3 Å². The highest BCUT2D eigenvalue weighted by Gasteiger charge is 2.03. The van der Waals surface area contributed by atoms with Crippen molar-refractivity contribution in [2.45, 2.75) is 26.8 Å². The Kier molecular flexibility index (Phi) is 2.61. The smallest absolute Gasteiger partial charge is 0.114 e. The fraction of sp³-hybridized carbons (Fsp3) is 0.308. The molecule has 0 unspecified atom stereocenters. The van der Waals surface area contributed by atoms with Crippen molar-refractivity contribution in [2.75, 3.05) is 0 Å². The zero-order valence-electron chi connectivity index (χ0n) is 9.32. The van der Waals surface area contributed by atoms with Crippen LogP contribution in [-0.4, -0.2) is 4.57 Å². The molecule has 0 bridgehead atoms. The summed E-state index contributed by atoms with van der Waals surface area (Å²) in [4.78, 5) is 0. The Morgan fingerprint density at radius 1 is 1.20 bits per heavy atom. The number of rotatable bonds is 1. The van der Waals surface area contributed by atoms with Gasteiger partial charge in [-0.25, -0.2) is 0 Å². The monoisotopic (exact) mass is 217 g/mol. The van der Waals surface area contributed by atoms with Crippen LogP contribution in [0.4, 0.5) is 0 Å². The molecule has 0 aliphatic carbocycles. The van der Waals surface area contributed by atoms with Crippen LogP contribution in [0.15, 0.2) is 30.5 Å². The van der Waals surface area contributed by atoms with Crippen molar-refractivity contribution in [3.8, 4) is 0 Å². The Bertz CT molecular complexity index is 552. The van der Waals surface area contributed by atoms with Gasteiger partial charge in [0, 0.05) is 17.6 Å². The van der Waals surface area contributed by atoms with E-state index in [-0.39, 0.29) is 0 Å². The molecule has 0 radical (unpaired) electrons. The van der Waals surface area contributed by atoms with Crippen LogP contribution in [0.2, 0.25) is 0 Å². The molecule has 0 N–H and O–H groups in total. The standard InChI is InChI=1S/C13H15NS/c1-9(2)14-8-7-11-6-4-5-10(3)12(11)13(14)15/h4-9H,1-3H3. The lowest BCUT2D eigenvalue weighted by Crippen LogP contribution is -2.02. The topological polar surface area (TPSA) is 4.93 Å². The van der Waals surface area contributed by atoms with E-state index in [0.29, 0.717) is 6.04 Å². The van der Waals surface area contributed by atoms with E-state index in [2.05, 4.69) is 55.8 Å².